The summed E-state index contributed by atoms with van der Waals surface area (Å²) in [5.41, 5.74) is 3.21. The van der Waals surface area contributed by atoms with E-state index in [0.29, 0.717) is 6.42 Å². The van der Waals surface area contributed by atoms with Crippen LogP contribution in [0.25, 0.3) is 0 Å². The normalized spacial score (nSPS) is 12.3. The molecular weight excluding hydrogens is 242 g/mol. The summed E-state index contributed by atoms with van der Waals surface area (Å²) in [5, 5.41) is 11.7. The molecule has 1 atom stereocenters. The van der Waals surface area contributed by atoms with Crippen LogP contribution in [0.4, 0.5) is 0 Å². The zero-order valence-corrected chi connectivity index (χ0v) is 11.9. The molecule has 0 aliphatic carbocycles. The molecule has 0 aliphatic heterocycles. The number of carboxylic acid groups (broad SMARTS) is 1. The quantitative estimate of drug-likeness (QED) is 0.854. The van der Waals surface area contributed by atoms with Gasteiger partial charge >= 0.3 is 5.97 Å². The summed E-state index contributed by atoms with van der Waals surface area (Å²) < 4.78 is 0. The summed E-state index contributed by atoms with van der Waals surface area (Å²) in [5.74, 6) is -1.47. The fourth-order valence-electron chi connectivity index (χ4n) is 1.70. The lowest BCUT2D eigenvalue weighted by atomic mass is 10.0. The summed E-state index contributed by atoms with van der Waals surface area (Å²) in [6, 6.07) is 4.96. The largest absolute Gasteiger partial charge is 0.480 e. The molecule has 0 aliphatic rings. The smallest absolute Gasteiger partial charge is 0.326 e. The molecule has 0 radical (unpaired) electrons. The van der Waals surface area contributed by atoms with Gasteiger partial charge in [-0.2, -0.15) is 0 Å². The first-order valence-corrected chi connectivity index (χ1v) is 6.40. The molecule has 0 saturated heterocycles. The number of nitrogens with one attached hydrogen (secondary N) is 1. The van der Waals surface area contributed by atoms with Crippen LogP contribution in [0.3, 0.4) is 0 Å². The van der Waals surface area contributed by atoms with Crippen molar-refractivity contribution in [1.82, 2.24) is 5.32 Å². The van der Waals surface area contributed by atoms with Gasteiger partial charge in [0.1, 0.15) is 6.04 Å². The second-order valence-electron chi connectivity index (χ2n) is 5.18. The first kappa shape index (κ1) is 15.2. The van der Waals surface area contributed by atoms with Crippen molar-refractivity contribution in [2.24, 2.45) is 5.92 Å². The first-order valence-electron chi connectivity index (χ1n) is 6.40. The summed E-state index contributed by atoms with van der Waals surface area (Å²) >= 11 is 0. The van der Waals surface area contributed by atoms with Crippen molar-refractivity contribution in [1.29, 1.82) is 0 Å². The van der Waals surface area contributed by atoms with E-state index >= 15 is 0 Å². The number of aliphatic carboxylic acids is 1. The highest BCUT2D eigenvalue weighted by atomic mass is 16.4. The van der Waals surface area contributed by atoms with E-state index in [1.54, 1.807) is 13.8 Å². The van der Waals surface area contributed by atoms with Gasteiger partial charge in [-0.15, -0.1) is 0 Å². The van der Waals surface area contributed by atoms with E-state index in [1.165, 1.54) is 5.56 Å². The SMILES string of the molecule is Cc1ccc(C[C@H](NC(=O)C(C)C)C(=O)O)cc1C. The van der Waals surface area contributed by atoms with Gasteiger partial charge in [-0.1, -0.05) is 32.0 Å². The standard InChI is InChI=1S/C15H21NO3/c1-9(2)14(17)16-13(15(18)19)8-12-6-5-10(3)11(4)7-12/h5-7,9,13H,8H2,1-4H3,(H,16,17)(H,18,19)/t13-/m0/s1. The Morgan fingerprint density at radius 3 is 2.32 bits per heavy atom. The number of rotatable bonds is 5. The highest BCUT2D eigenvalue weighted by molar-refractivity contribution is 5.84. The number of carbonyl (C=O) groups excluding carboxylic acids is 1. The highest BCUT2D eigenvalue weighted by Crippen LogP contribution is 2.12. The Bertz CT molecular complexity index is 480. The third-order valence-electron chi connectivity index (χ3n) is 3.15. The molecule has 1 aromatic rings. The summed E-state index contributed by atoms with van der Waals surface area (Å²) in [6.07, 6.45) is 0.301. The minimum atomic E-state index is -1.01. The molecule has 0 heterocycles. The van der Waals surface area contributed by atoms with Crippen molar-refractivity contribution in [2.75, 3.05) is 0 Å². The zero-order chi connectivity index (χ0) is 14.6. The van der Waals surface area contributed by atoms with Crippen molar-refractivity contribution in [3.8, 4) is 0 Å². The van der Waals surface area contributed by atoms with E-state index in [4.69, 9.17) is 0 Å². The molecule has 0 saturated carbocycles. The van der Waals surface area contributed by atoms with Crippen LogP contribution in [-0.4, -0.2) is 23.0 Å². The minimum Gasteiger partial charge on any atom is -0.480 e. The third kappa shape index (κ3) is 4.39. The van der Waals surface area contributed by atoms with Gasteiger partial charge in [-0.05, 0) is 30.5 Å². The molecule has 0 bridgehead atoms. The number of carbonyl (C=O) groups is 2. The van der Waals surface area contributed by atoms with E-state index in [9.17, 15) is 14.7 Å². The molecule has 1 aromatic carbocycles. The average molecular weight is 263 g/mol. The summed E-state index contributed by atoms with van der Waals surface area (Å²) in [7, 11) is 0. The van der Waals surface area contributed by atoms with Crippen molar-refractivity contribution in [3.05, 3.63) is 34.9 Å². The first-order chi connectivity index (χ1) is 8.81. The van der Waals surface area contributed by atoms with E-state index < -0.39 is 12.0 Å². The molecule has 1 amide bonds. The number of hydrogen-bond acceptors (Lipinski definition) is 2. The zero-order valence-electron chi connectivity index (χ0n) is 11.9. The van der Waals surface area contributed by atoms with Crippen LogP contribution in [0.2, 0.25) is 0 Å². The third-order valence-corrected chi connectivity index (χ3v) is 3.15. The van der Waals surface area contributed by atoms with Gasteiger partial charge in [-0.25, -0.2) is 4.79 Å². The van der Waals surface area contributed by atoms with Gasteiger partial charge in [0.05, 0.1) is 0 Å². The van der Waals surface area contributed by atoms with Crippen LogP contribution in [0.5, 0.6) is 0 Å². The van der Waals surface area contributed by atoms with Crippen LogP contribution in [-0.2, 0) is 16.0 Å². The van der Waals surface area contributed by atoms with E-state index in [-0.39, 0.29) is 11.8 Å². The molecule has 2 N–H and O–H groups in total. The Hall–Kier alpha value is -1.84. The van der Waals surface area contributed by atoms with Crippen LogP contribution >= 0.6 is 0 Å². The van der Waals surface area contributed by atoms with Crippen molar-refractivity contribution < 1.29 is 14.7 Å². The van der Waals surface area contributed by atoms with Gasteiger partial charge in [0.25, 0.3) is 0 Å². The Morgan fingerprint density at radius 1 is 1.21 bits per heavy atom. The van der Waals surface area contributed by atoms with E-state index in [0.717, 1.165) is 11.1 Å². The van der Waals surface area contributed by atoms with Gasteiger partial charge in [-0.3, -0.25) is 4.79 Å². The second kappa shape index (κ2) is 6.36. The maximum absolute atomic E-state index is 11.6. The summed E-state index contributed by atoms with van der Waals surface area (Å²) in [4.78, 5) is 22.8. The predicted molar refractivity (Wildman–Crippen MR) is 74.0 cm³/mol. The molecule has 4 heteroatoms. The van der Waals surface area contributed by atoms with Crippen LogP contribution < -0.4 is 5.32 Å². The maximum atomic E-state index is 11.6. The van der Waals surface area contributed by atoms with E-state index in [2.05, 4.69) is 5.32 Å². The number of benzene rings is 1. The minimum absolute atomic E-state index is 0.221. The van der Waals surface area contributed by atoms with Gasteiger partial charge < -0.3 is 10.4 Å². The number of aryl methyl sites for hydroxylation is 2. The molecule has 1 rings (SSSR count). The lowest BCUT2D eigenvalue weighted by Crippen LogP contribution is -2.44. The molecule has 0 spiro atoms. The molecule has 0 aromatic heterocycles. The van der Waals surface area contributed by atoms with Crippen LogP contribution in [0.15, 0.2) is 18.2 Å². The molecule has 0 fully saturated rings. The molecule has 104 valence electrons. The average Bonchev–Trinajstić information content (AvgIpc) is 2.32. The Kier molecular flexibility index (Phi) is 5.10. The molecule has 0 unspecified atom stereocenters. The fraction of sp³-hybridized carbons (Fsp3) is 0.467. The lowest BCUT2D eigenvalue weighted by Gasteiger charge is -2.16. The summed E-state index contributed by atoms with van der Waals surface area (Å²) in [6.45, 7) is 7.48. The monoisotopic (exact) mass is 263 g/mol. The molecule has 4 nitrogen and oxygen atoms in total. The Morgan fingerprint density at radius 2 is 1.84 bits per heavy atom. The van der Waals surface area contributed by atoms with Crippen molar-refractivity contribution in [3.63, 3.8) is 0 Å². The Balaban J connectivity index is 2.81. The molecular formula is C15H21NO3. The lowest BCUT2D eigenvalue weighted by molar-refractivity contribution is -0.142. The number of hydrogen-bond donors (Lipinski definition) is 2. The van der Waals surface area contributed by atoms with E-state index in [1.807, 2.05) is 32.0 Å². The van der Waals surface area contributed by atoms with Crippen LogP contribution in [0.1, 0.15) is 30.5 Å². The Labute approximate surface area is 113 Å². The van der Waals surface area contributed by atoms with Crippen molar-refractivity contribution >= 4 is 11.9 Å². The maximum Gasteiger partial charge on any atom is 0.326 e. The number of carboxylic acids is 1. The van der Waals surface area contributed by atoms with Gasteiger partial charge in [0, 0.05) is 12.3 Å². The van der Waals surface area contributed by atoms with Gasteiger partial charge in [0.2, 0.25) is 5.91 Å². The highest BCUT2D eigenvalue weighted by Gasteiger charge is 2.21. The fourth-order valence-corrected chi connectivity index (χ4v) is 1.70. The van der Waals surface area contributed by atoms with Crippen LogP contribution in [0, 0.1) is 19.8 Å². The number of amides is 1. The predicted octanol–water partition coefficient (Wildman–Crippen LogP) is 2.07. The second-order valence-corrected chi connectivity index (χ2v) is 5.18. The molecule has 19 heavy (non-hydrogen) atoms. The topological polar surface area (TPSA) is 66.4 Å². The van der Waals surface area contributed by atoms with Gasteiger partial charge in [0.15, 0.2) is 0 Å². The van der Waals surface area contributed by atoms with Crippen molar-refractivity contribution in [2.45, 2.75) is 40.2 Å².